The fourth-order valence-electron chi connectivity index (χ4n) is 0.105. The van der Waals surface area contributed by atoms with Crippen LogP contribution in [0.4, 0.5) is 0 Å². The van der Waals surface area contributed by atoms with Crippen LogP contribution in [0.25, 0.3) is 0 Å². The van der Waals surface area contributed by atoms with E-state index in [4.69, 9.17) is 4.79 Å². The fourth-order valence-corrected chi connectivity index (χ4v) is 0.105. The summed E-state index contributed by atoms with van der Waals surface area (Å²) in [5.41, 5.74) is 0.194. The second kappa shape index (κ2) is 14.7. The predicted octanol–water partition coefficient (Wildman–Crippen LogP) is 1.68. The highest BCUT2D eigenvalue weighted by atomic mass is 16.6. The Labute approximate surface area is 88.1 Å². The maximum atomic E-state index is 9.67. The van der Waals surface area contributed by atoms with Gasteiger partial charge in [0, 0.05) is 18.8 Å². The van der Waals surface area contributed by atoms with Crippen molar-refractivity contribution in [3.05, 3.63) is 32.0 Å². The number of aldehydes is 1. The molecule has 88 valence electrons. The maximum Gasteiger partial charge on any atom is 0.238 e. The van der Waals surface area contributed by atoms with Crippen molar-refractivity contribution in [1.29, 1.82) is 0 Å². The van der Waals surface area contributed by atoms with Crippen LogP contribution in [0, 0.1) is 20.2 Å². The monoisotopic (exact) mass is 220 g/mol. The zero-order valence-electron chi connectivity index (χ0n) is 9.30. The molecule has 0 aliphatic carbocycles. The molecule has 0 unspecified atom stereocenters. The Morgan fingerprint density at radius 1 is 1.27 bits per heavy atom. The van der Waals surface area contributed by atoms with Crippen molar-refractivity contribution in [3.63, 3.8) is 0 Å². The summed E-state index contributed by atoms with van der Waals surface area (Å²) in [5.74, 6) is 0. The Morgan fingerprint density at radius 2 is 1.53 bits per heavy atom. The largest absolute Gasteiger partial charge is 0.304 e. The molecule has 0 amide bonds. The molecule has 0 spiro atoms. The zero-order chi connectivity index (χ0) is 12.9. The summed E-state index contributed by atoms with van der Waals surface area (Å²) in [6.45, 7) is 6.07. The van der Waals surface area contributed by atoms with Crippen molar-refractivity contribution in [2.75, 3.05) is 6.54 Å². The number of allylic oxidation sites excluding steroid dienone is 2. The van der Waals surface area contributed by atoms with Gasteiger partial charge in [-0.15, -0.1) is 0 Å². The minimum absolute atomic E-state index is 0.0278. The van der Waals surface area contributed by atoms with E-state index in [0.717, 1.165) is 6.29 Å². The second-order valence-corrected chi connectivity index (χ2v) is 2.07. The molecule has 0 aliphatic heterocycles. The molecule has 0 atom stereocenters. The molecule has 0 heterocycles. The molecular weight excluding hydrogens is 204 g/mol. The Hall–Kier alpha value is -1.79. The van der Waals surface area contributed by atoms with E-state index < -0.39 is 4.92 Å². The molecule has 0 rings (SSSR count). The first kappa shape index (κ1) is 18.9. The van der Waals surface area contributed by atoms with Crippen LogP contribution >= 0.6 is 0 Å². The minimum atomic E-state index is -0.417. The topological polar surface area (TPSA) is 103 Å². The van der Waals surface area contributed by atoms with Gasteiger partial charge in [0.15, 0.2) is 0 Å². The average molecular weight is 220 g/mol. The van der Waals surface area contributed by atoms with Gasteiger partial charge in [0.1, 0.15) is 6.29 Å². The van der Waals surface area contributed by atoms with E-state index >= 15 is 0 Å². The summed E-state index contributed by atoms with van der Waals surface area (Å²) in [5, 5.41) is 18.8. The van der Waals surface area contributed by atoms with Crippen molar-refractivity contribution in [3.8, 4) is 0 Å². The smallest absolute Gasteiger partial charge is 0.238 e. The molecule has 7 heteroatoms. The summed E-state index contributed by atoms with van der Waals surface area (Å²) in [4.78, 5) is 26.9. The molecule has 0 aromatic rings. The fraction of sp³-hybridized carbons (Fsp3) is 0.625. The number of nitro groups is 2. The van der Waals surface area contributed by atoms with E-state index in [0.29, 0.717) is 0 Å². The molecule has 0 aromatic carbocycles. The summed E-state index contributed by atoms with van der Waals surface area (Å²) in [6, 6.07) is 0. The molecule has 0 fully saturated rings. The lowest BCUT2D eigenvalue weighted by atomic mass is 10.5. The minimum Gasteiger partial charge on any atom is -0.304 e. The van der Waals surface area contributed by atoms with E-state index in [2.05, 4.69) is 0 Å². The molecule has 0 aromatic heterocycles. The Balaban J connectivity index is -0.000000158. The summed E-state index contributed by atoms with van der Waals surface area (Å²) < 4.78 is 0. The third-order valence-corrected chi connectivity index (χ3v) is 0.964. The van der Waals surface area contributed by atoms with Crippen LogP contribution in [-0.2, 0) is 4.79 Å². The van der Waals surface area contributed by atoms with Crippen molar-refractivity contribution in [2.45, 2.75) is 27.7 Å². The van der Waals surface area contributed by atoms with Crippen LogP contribution in [0.3, 0.4) is 0 Å². The van der Waals surface area contributed by atoms with E-state index in [1.807, 2.05) is 0 Å². The summed E-state index contributed by atoms with van der Waals surface area (Å²) in [7, 11) is 0. The first-order valence-electron chi connectivity index (χ1n) is 4.16. The van der Waals surface area contributed by atoms with Crippen LogP contribution in [-0.4, -0.2) is 22.7 Å². The van der Waals surface area contributed by atoms with Crippen LogP contribution in [0.1, 0.15) is 27.7 Å². The van der Waals surface area contributed by atoms with E-state index in [1.54, 1.807) is 6.92 Å². The molecule has 7 nitrogen and oxygen atoms in total. The number of hydrogen-bond donors (Lipinski definition) is 0. The zero-order valence-corrected chi connectivity index (χ0v) is 9.30. The number of carbonyl (C=O) groups excluding carboxylic acids is 1. The van der Waals surface area contributed by atoms with Gasteiger partial charge in [-0.05, 0) is 19.9 Å². The standard InChI is InChI=1S/C4H7NO2.C2H5NO2.C2H4O/c1-3-4(2)5(6)7;1-2-3(4)5;1-2-3/h3H,1-2H3;2H2,1H3;2H,1H3. The SMILES string of the molecule is CC=C(C)[N+](=O)[O-].CC=O.CC[N+](=O)[O-]. The predicted molar refractivity (Wildman–Crippen MR) is 55.7 cm³/mol. The highest BCUT2D eigenvalue weighted by molar-refractivity contribution is 5.44. The van der Waals surface area contributed by atoms with E-state index in [-0.39, 0.29) is 17.2 Å². The first-order chi connectivity index (χ1) is 6.87. The number of nitrogens with zero attached hydrogens (tertiary/aromatic N) is 2. The molecule has 0 bridgehead atoms. The van der Waals surface area contributed by atoms with Crippen molar-refractivity contribution >= 4 is 6.29 Å². The lowest BCUT2D eigenvalue weighted by Crippen LogP contribution is -1.92. The molecule has 0 saturated heterocycles. The molecular formula is C8H16N2O5. The van der Waals surface area contributed by atoms with Crippen molar-refractivity contribution in [2.24, 2.45) is 0 Å². The average Bonchev–Trinajstić information content (AvgIpc) is 2.18. The number of hydrogen-bond acceptors (Lipinski definition) is 5. The van der Waals surface area contributed by atoms with Gasteiger partial charge in [0.25, 0.3) is 0 Å². The van der Waals surface area contributed by atoms with Crippen LogP contribution in [0.5, 0.6) is 0 Å². The number of carbonyl (C=O) groups is 1. The molecule has 15 heavy (non-hydrogen) atoms. The lowest BCUT2D eigenvalue weighted by molar-refractivity contribution is -0.475. The molecule has 0 radical (unpaired) electrons. The highest BCUT2D eigenvalue weighted by Crippen LogP contribution is 1.88. The van der Waals surface area contributed by atoms with Gasteiger partial charge >= 0.3 is 0 Å². The lowest BCUT2D eigenvalue weighted by Gasteiger charge is -1.81. The Kier molecular flexibility index (Phi) is 18.5. The van der Waals surface area contributed by atoms with Crippen LogP contribution in [0.2, 0.25) is 0 Å². The van der Waals surface area contributed by atoms with Gasteiger partial charge in [-0.2, -0.15) is 0 Å². The molecule has 0 aliphatic rings. The van der Waals surface area contributed by atoms with Gasteiger partial charge in [-0.25, -0.2) is 0 Å². The van der Waals surface area contributed by atoms with E-state index in [9.17, 15) is 20.2 Å². The quantitative estimate of drug-likeness (QED) is 0.400. The molecule has 0 saturated carbocycles. The third-order valence-electron chi connectivity index (χ3n) is 0.964. The van der Waals surface area contributed by atoms with Gasteiger partial charge in [0.05, 0.1) is 4.92 Å². The summed E-state index contributed by atoms with van der Waals surface area (Å²) in [6.07, 6.45) is 2.21. The van der Waals surface area contributed by atoms with Gasteiger partial charge < -0.3 is 4.79 Å². The van der Waals surface area contributed by atoms with E-state index in [1.165, 1.54) is 26.8 Å². The number of rotatable bonds is 2. The van der Waals surface area contributed by atoms with Gasteiger partial charge in [0.2, 0.25) is 12.2 Å². The maximum absolute atomic E-state index is 9.67. The van der Waals surface area contributed by atoms with Crippen LogP contribution < -0.4 is 0 Å². The van der Waals surface area contributed by atoms with Crippen molar-refractivity contribution < 1.29 is 14.6 Å². The highest BCUT2D eigenvalue weighted by Gasteiger charge is 1.94. The normalized spacial score (nSPS) is 8.67. The summed E-state index contributed by atoms with van der Waals surface area (Å²) >= 11 is 0. The molecule has 0 N–H and O–H groups in total. The Morgan fingerprint density at radius 3 is 1.53 bits per heavy atom. The van der Waals surface area contributed by atoms with Crippen LogP contribution in [0.15, 0.2) is 11.8 Å². The first-order valence-corrected chi connectivity index (χ1v) is 4.16. The van der Waals surface area contributed by atoms with Gasteiger partial charge in [-0.3, -0.25) is 20.2 Å². The third kappa shape index (κ3) is 33.0. The second-order valence-electron chi connectivity index (χ2n) is 2.07. The van der Waals surface area contributed by atoms with Gasteiger partial charge in [-0.1, -0.05) is 0 Å². The Bertz CT molecular complexity index is 225. The van der Waals surface area contributed by atoms with Crippen molar-refractivity contribution in [1.82, 2.24) is 0 Å².